The molecule has 1 N–H and O–H groups in total. The fraction of sp³-hybridized carbons (Fsp3) is 0.375. The topological polar surface area (TPSA) is 25.2 Å². The van der Waals surface area contributed by atoms with E-state index in [1.165, 1.54) is 5.56 Å². The molecule has 2 rings (SSSR count). The summed E-state index contributed by atoms with van der Waals surface area (Å²) in [4.78, 5) is 0. The summed E-state index contributed by atoms with van der Waals surface area (Å²) in [5, 5.41) is 3.37. The standard InChI is InChI=1S/C16H21NO/c1-4-15-9-10-16(18-15)11-17-14-7-5-13(6-8-14)12(2)3/h5-10,12,17H,4,11H2,1-3H3. The fourth-order valence-electron chi connectivity index (χ4n) is 1.88. The molecule has 18 heavy (non-hydrogen) atoms. The minimum atomic E-state index is 0.580. The Labute approximate surface area is 109 Å². The maximum absolute atomic E-state index is 5.65. The van der Waals surface area contributed by atoms with Crippen LogP contribution in [0.15, 0.2) is 40.8 Å². The van der Waals surface area contributed by atoms with Gasteiger partial charge in [0.25, 0.3) is 0 Å². The summed E-state index contributed by atoms with van der Waals surface area (Å²) >= 11 is 0. The first-order chi connectivity index (χ1) is 8.69. The Morgan fingerprint density at radius 2 is 1.67 bits per heavy atom. The largest absolute Gasteiger partial charge is 0.464 e. The van der Waals surface area contributed by atoms with Crippen molar-refractivity contribution in [1.82, 2.24) is 0 Å². The van der Waals surface area contributed by atoms with Gasteiger partial charge in [0, 0.05) is 12.1 Å². The highest BCUT2D eigenvalue weighted by molar-refractivity contribution is 5.45. The fourth-order valence-corrected chi connectivity index (χ4v) is 1.88. The minimum Gasteiger partial charge on any atom is -0.464 e. The lowest BCUT2D eigenvalue weighted by Gasteiger charge is -2.08. The third kappa shape index (κ3) is 3.16. The van der Waals surface area contributed by atoms with Crippen molar-refractivity contribution in [3.8, 4) is 0 Å². The van der Waals surface area contributed by atoms with Gasteiger partial charge >= 0.3 is 0 Å². The van der Waals surface area contributed by atoms with Gasteiger partial charge in [0.15, 0.2) is 0 Å². The highest BCUT2D eigenvalue weighted by Crippen LogP contribution is 2.18. The first-order valence-corrected chi connectivity index (χ1v) is 6.60. The number of hydrogen-bond acceptors (Lipinski definition) is 2. The van der Waals surface area contributed by atoms with Crippen LogP contribution in [-0.4, -0.2) is 0 Å². The van der Waals surface area contributed by atoms with Gasteiger partial charge in [-0.05, 0) is 35.7 Å². The van der Waals surface area contributed by atoms with Gasteiger partial charge in [0.2, 0.25) is 0 Å². The molecule has 2 nitrogen and oxygen atoms in total. The summed E-state index contributed by atoms with van der Waals surface area (Å²) in [5.74, 6) is 2.61. The predicted octanol–water partition coefficient (Wildman–Crippen LogP) is 4.58. The van der Waals surface area contributed by atoms with Crippen molar-refractivity contribution >= 4 is 5.69 Å². The van der Waals surface area contributed by atoms with Crippen molar-refractivity contribution in [3.63, 3.8) is 0 Å². The predicted molar refractivity (Wildman–Crippen MR) is 75.9 cm³/mol. The lowest BCUT2D eigenvalue weighted by molar-refractivity contribution is 0.476. The van der Waals surface area contributed by atoms with E-state index in [2.05, 4.69) is 50.4 Å². The van der Waals surface area contributed by atoms with Gasteiger partial charge in [-0.2, -0.15) is 0 Å². The van der Waals surface area contributed by atoms with Gasteiger partial charge in [0.05, 0.1) is 6.54 Å². The number of benzene rings is 1. The number of hydrogen-bond donors (Lipinski definition) is 1. The number of rotatable bonds is 5. The van der Waals surface area contributed by atoms with Crippen LogP contribution in [0, 0.1) is 0 Å². The Bertz CT molecular complexity index is 482. The van der Waals surface area contributed by atoms with E-state index < -0.39 is 0 Å². The van der Waals surface area contributed by atoms with E-state index in [1.54, 1.807) is 0 Å². The van der Waals surface area contributed by atoms with Gasteiger partial charge in [-0.1, -0.05) is 32.9 Å². The Balaban J connectivity index is 1.93. The van der Waals surface area contributed by atoms with E-state index in [4.69, 9.17) is 4.42 Å². The van der Waals surface area contributed by atoms with Crippen molar-refractivity contribution in [3.05, 3.63) is 53.5 Å². The lowest BCUT2D eigenvalue weighted by atomic mass is 10.0. The zero-order valence-electron chi connectivity index (χ0n) is 11.4. The van der Waals surface area contributed by atoms with Crippen LogP contribution >= 0.6 is 0 Å². The number of anilines is 1. The first-order valence-electron chi connectivity index (χ1n) is 6.60. The Hall–Kier alpha value is -1.70. The second-order valence-electron chi connectivity index (χ2n) is 4.85. The summed E-state index contributed by atoms with van der Waals surface area (Å²) in [7, 11) is 0. The smallest absolute Gasteiger partial charge is 0.123 e. The maximum atomic E-state index is 5.65. The Morgan fingerprint density at radius 3 is 2.22 bits per heavy atom. The molecule has 0 aliphatic heterocycles. The van der Waals surface area contributed by atoms with Crippen LogP contribution in [0.25, 0.3) is 0 Å². The third-order valence-corrected chi connectivity index (χ3v) is 3.11. The van der Waals surface area contributed by atoms with Crippen molar-refractivity contribution in [2.75, 3.05) is 5.32 Å². The quantitative estimate of drug-likeness (QED) is 0.831. The molecule has 0 unspecified atom stereocenters. The van der Waals surface area contributed by atoms with Crippen LogP contribution in [0.5, 0.6) is 0 Å². The average Bonchev–Trinajstić information content (AvgIpc) is 2.85. The SMILES string of the molecule is CCc1ccc(CNc2ccc(C(C)C)cc2)o1. The molecule has 1 heterocycles. The van der Waals surface area contributed by atoms with E-state index in [0.717, 1.165) is 30.2 Å². The molecule has 2 heteroatoms. The van der Waals surface area contributed by atoms with Crippen LogP contribution in [0.2, 0.25) is 0 Å². The normalized spacial score (nSPS) is 10.9. The minimum absolute atomic E-state index is 0.580. The molecule has 2 aromatic rings. The molecule has 1 aromatic heterocycles. The molecule has 1 aromatic carbocycles. The van der Waals surface area contributed by atoms with E-state index >= 15 is 0 Å². The van der Waals surface area contributed by atoms with Crippen molar-refractivity contribution in [1.29, 1.82) is 0 Å². The molecule has 0 fully saturated rings. The first kappa shape index (κ1) is 12.7. The van der Waals surface area contributed by atoms with Gasteiger partial charge in [0.1, 0.15) is 11.5 Å². The second-order valence-corrected chi connectivity index (χ2v) is 4.85. The van der Waals surface area contributed by atoms with Crippen molar-refractivity contribution in [2.45, 2.75) is 39.7 Å². The summed E-state index contributed by atoms with van der Waals surface area (Å²) in [6.45, 7) is 7.25. The monoisotopic (exact) mass is 243 g/mol. The van der Waals surface area contributed by atoms with E-state index in [0.29, 0.717) is 5.92 Å². The molecule has 0 radical (unpaired) electrons. The van der Waals surface area contributed by atoms with E-state index in [1.807, 2.05) is 12.1 Å². The molecular formula is C16H21NO. The molecule has 0 bridgehead atoms. The lowest BCUT2D eigenvalue weighted by Crippen LogP contribution is -1.98. The van der Waals surface area contributed by atoms with Crippen LogP contribution in [0.1, 0.15) is 43.8 Å². The summed E-state index contributed by atoms with van der Waals surface area (Å²) in [5.41, 5.74) is 2.50. The molecule has 0 aliphatic rings. The molecule has 0 saturated carbocycles. The summed E-state index contributed by atoms with van der Waals surface area (Å²) < 4.78 is 5.65. The van der Waals surface area contributed by atoms with Gasteiger partial charge in [-0.25, -0.2) is 0 Å². The second kappa shape index (κ2) is 5.76. The highest BCUT2D eigenvalue weighted by atomic mass is 16.3. The molecule has 0 saturated heterocycles. The van der Waals surface area contributed by atoms with Crippen LogP contribution in [-0.2, 0) is 13.0 Å². The molecule has 0 aliphatic carbocycles. The van der Waals surface area contributed by atoms with Gasteiger partial charge in [-0.15, -0.1) is 0 Å². The third-order valence-electron chi connectivity index (χ3n) is 3.11. The highest BCUT2D eigenvalue weighted by Gasteiger charge is 2.01. The molecule has 0 spiro atoms. The molecule has 96 valence electrons. The maximum Gasteiger partial charge on any atom is 0.123 e. The Kier molecular flexibility index (Phi) is 4.08. The average molecular weight is 243 g/mol. The Morgan fingerprint density at radius 1 is 1.00 bits per heavy atom. The van der Waals surface area contributed by atoms with Crippen molar-refractivity contribution < 1.29 is 4.42 Å². The van der Waals surface area contributed by atoms with Crippen LogP contribution in [0.4, 0.5) is 5.69 Å². The van der Waals surface area contributed by atoms with Gasteiger partial charge in [-0.3, -0.25) is 0 Å². The zero-order chi connectivity index (χ0) is 13.0. The van der Waals surface area contributed by atoms with Crippen molar-refractivity contribution in [2.24, 2.45) is 0 Å². The molecule has 0 amide bonds. The zero-order valence-corrected chi connectivity index (χ0v) is 11.4. The molecular weight excluding hydrogens is 222 g/mol. The number of furan rings is 1. The van der Waals surface area contributed by atoms with Crippen LogP contribution < -0.4 is 5.32 Å². The number of aryl methyl sites for hydroxylation is 1. The summed E-state index contributed by atoms with van der Waals surface area (Å²) in [6.07, 6.45) is 0.948. The molecule has 0 atom stereocenters. The number of nitrogens with one attached hydrogen (secondary N) is 1. The van der Waals surface area contributed by atoms with Crippen LogP contribution in [0.3, 0.4) is 0 Å². The summed E-state index contributed by atoms with van der Waals surface area (Å²) in [6, 6.07) is 12.7. The van der Waals surface area contributed by atoms with Gasteiger partial charge < -0.3 is 9.73 Å². The van der Waals surface area contributed by atoms with E-state index in [-0.39, 0.29) is 0 Å². The van der Waals surface area contributed by atoms with E-state index in [9.17, 15) is 0 Å².